The molecule has 33 heavy (non-hydrogen) atoms. The lowest BCUT2D eigenvalue weighted by Gasteiger charge is -2.28. The molecule has 0 bridgehead atoms. The second-order valence-corrected chi connectivity index (χ2v) is 9.17. The van der Waals surface area contributed by atoms with Gasteiger partial charge >= 0.3 is 0 Å². The molecule has 1 fully saturated rings. The van der Waals surface area contributed by atoms with Crippen LogP contribution in [-0.2, 0) is 27.5 Å². The SMILES string of the molecule is O=C(CC(C(=O)NCc1cn(CCCCC(=O)Nc2nccs2)nn1)C1CCCCC1)NO. The van der Waals surface area contributed by atoms with E-state index in [-0.39, 0.29) is 30.7 Å². The van der Waals surface area contributed by atoms with E-state index in [0.717, 1.165) is 38.5 Å². The lowest BCUT2D eigenvalue weighted by Crippen LogP contribution is -2.38. The molecule has 1 atom stereocenters. The Bertz CT molecular complexity index is 896. The van der Waals surface area contributed by atoms with Crippen LogP contribution in [-0.4, -0.2) is 42.9 Å². The Kier molecular flexibility index (Phi) is 9.76. The van der Waals surface area contributed by atoms with E-state index in [2.05, 4.69) is 25.9 Å². The molecule has 2 heterocycles. The second-order valence-electron chi connectivity index (χ2n) is 8.28. The molecule has 0 aromatic carbocycles. The van der Waals surface area contributed by atoms with Gasteiger partial charge in [0.15, 0.2) is 5.13 Å². The van der Waals surface area contributed by atoms with Crippen LogP contribution in [0.3, 0.4) is 0 Å². The minimum absolute atomic E-state index is 0.0319. The lowest BCUT2D eigenvalue weighted by molar-refractivity contribution is -0.136. The minimum Gasteiger partial charge on any atom is -0.350 e. The molecule has 4 N–H and O–H groups in total. The zero-order valence-corrected chi connectivity index (χ0v) is 19.4. The second kappa shape index (κ2) is 13.0. The number of carbonyl (C=O) groups excluding carboxylic acids is 3. The van der Waals surface area contributed by atoms with Gasteiger partial charge in [-0.2, -0.15) is 0 Å². The lowest BCUT2D eigenvalue weighted by atomic mass is 9.78. The molecule has 2 aromatic rings. The normalized spacial score (nSPS) is 15.1. The molecule has 0 spiro atoms. The van der Waals surface area contributed by atoms with Gasteiger partial charge in [-0.15, -0.1) is 16.4 Å². The van der Waals surface area contributed by atoms with Crippen LogP contribution in [0.4, 0.5) is 5.13 Å². The Labute approximate surface area is 196 Å². The number of carbonyl (C=O) groups is 3. The number of anilines is 1. The van der Waals surface area contributed by atoms with Gasteiger partial charge in [-0.3, -0.25) is 24.3 Å². The summed E-state index contributed by atoms with van der Waals surface area (Å²) in [5.74, 6) is -1.14. The molecule has 0 aliphatic heterocycles. The van der Waals surface area contributed by atoms with Crippen LogP contribution in [0.15, 0.2) is 17.8 Å². The standard InChI is InChI=1S/C21H31N7O4S/c29-18(24-21-22-9-11-33-21)8-4-5-10-28-14-16(25-27-28)13-23-20(31)17(12-19(30)26-32)15-6-2-1-3-7-15/h9,11,14-15,17,32H,1-8,10,12-13H2,(H,23,31)(H,26,30)(H,22,24,29). The molecule has 0 radical (unpaired) electrons. The monoisotopic (exact) mass is 477 g/mol. The van der Waals surface area contributed by atoms with Gasteiger partial charge in [-0.25, -0.2) is 10.5 Å². The van der Waals surface area contributed by atoms with Gasteiger partial charge in [0, 0.05) is 36.9 Å². The predicted molar refractivity (Wildman–Crippen MR) is 121 cm³/mol. The minimum atomic E-state index is -0.549. The Morgan fingerprint density at radius 3 is 2.73 bits per heavy atom. The third-order valence-corrected chi connectivity index (χ3v) is 6.52. The number of nitrogens with zero attached hydrogens (tertiary/aromatic N) is 4. The van der Waals surface area contributed by atoms with Crippen LogP contribution in [0.25, 0.3) is 0 Å². The molecule has 12 heteroatoms. The van der Waals surface area contributed by atoms with Crippen LogP contribution in [0.5, 0.6) is 0 Å². The van der Waals surface area contributed by atoms with Crippen LogP contribution in [0.2, 0.25) is 0 Å². The number of unbranched alkanes of at least 4 members (excludes halogenated alkanes) is 1. The summed E-state index contributed by atoms with van der Waals surface area (Å²) in [5.41, 5.74) is 2.26. The van der Waals surface area contributed by atoms with Crippen LogP contribution < -0.4 is 16.1 Å². The van der Waals surface area contributed by atoms with Crippen molar-refractivity contribution in [3.63, 3.8) is 0 Å². The van der Waals surface area contributed by atoms with Crippen molar-refractivity contribution in [2.75, 3.05) is 5.32 Å². The summed E-state index contributed by atoms with van der Waals surface area (Å²) >= 11 is 1.38. The Hall–Kier alpha value is -2.86. The summed E-state index contributed by atoms with van der Waals surface area (Å²) in [6.07, 6.45) is 10.3. The Morgan fingerprint density at radius 2 is 2.00 bits per heavy atom. The van der Waals surface area contributed by atoms with Crippen molar-refractivity contribution in [1.29, 1.82) is 0 Å². The average Bonchev–Trinajstić information content (AvgIpc) is 3.51. The number of thiazole rings is 1. The number of aryl methyl sites for hydroxylation is 1. The molecule has 180 valence electrons. The summed E-state index contributed by atoms with van der Waals surface area (Å²) in [6.45, 7) is 0.839. The van der Waals surface area contributed by atoms with E-state index in [1.165, 1.54) is 11.3 Å². The van der Waals surface area contributed by atoms with Crippen molar-refractivity contribution < 1.29 is 19.6 Å². The van der Waals surface area contributed by atoms with Gasteiger partial charge in [0.05, 0.1) is 12.7 Å². The number of aromatic nitrogens is 4. The predicted octanol–water partition coefficient (Wildman–Crippen LogP) is 2.25. The van der Waals surface area contributed by atoms with E-state index < -0.39 is 11.8 Å². The summed E-state index contributed by atoms with van der Waals surface area (Å²) in [5, 5.41) is 25.1. The Balaban J connectivity index is 1.39. The molecule has 2 aromatic heterocycles. The summed E-state index contributed by atoms with van der Waals surface area (Å²) in [7, 11) is 0. The van der Waals surface area contributed by atoms with Crippen molar-refractivity contribution in [2.24, 2.45) is 11.8 Å². The highest BCUT2D eigenvalue weighted by Crippen LogP contribution is 2.32. The molecule has 0 saturated heterocycles. The highest BCUT2D eigenvalue weighted by Gasteiger charge is 2.31. The molecule has 3 rings (SSSR count). The van der Waals surface area contributed by atoms with E-state index in [1.807, 2.05) is 5.38 Å². The zero-order chi connectivity index (χ0) is 23.5. The van der Waals surface area contributed by atoms with E-state index >= 15 is 0 Å². The van der Waals surface area contributed by atoms with Gasteiger partial charge in [-0.05, 0) is 31.6 Å². The molecule has 1 aliphatic carbocycles. The zero-order valence-electron chi connectivity index (χ0n) is 18.5. The molecule has 1 unspecified atom stereocenters. The summed E-state index contributed by atoms with van der Waals surface area (Å²) in [4.78, 5) is 40.4. The van der Waals surface area contributed by atoms with E-state index in [9.17, 15) is 14.4 Å². The van der Waals surface area contributed by atoms with E-state index in [4.69, 9.17) is 5.21 Å². The quantitative estimate of drug-likeness (QED) is 0.208. The van der Waals surface area contributed by atoms with Crippen molar-refractivity contribution in [3.05, 3.63) is 23.5 Å². The average molecular weight is 478 g/mol. The van der Waals surface area contributed by atoms with Crippen LogP contribution in [0.1, 0.15) is 63.5 Å². The topological polar surface area (TPSA) is 151 Å². The maximum absolute atomic E-state index is 12.8. The van der Waals surface area contributed by atoms with Crippen LogP contribution >= 0.6 is 11.3 Å². The van der Waals surface area contributed by atoms with Gasteiger partial charge in [0.1, 0.15) is 5.69 Å². The highest BCUT2D eigenvalue weighted by molar-refractivity contribution is 7.13. The maximum atomic E-state index is 12.8. The first-order valence-electron chi connectivity index (χ1n) is 11.3. The molecule has 11 nitrogen and oxygen atoms in total. The fourth-order valence-corrected chi connectivity index (χ4v) is 4.66. The first-order valence-corrected chi connectivity index (χ1v) is 12.2. The van der Waals surface area contributed by atoms with Crippen molar-refractivity contribution >= 4 is 34.2 Å². The third-order valence-electron chi connectivity index (χ3n) is 5.84. The number of hydrogen-bond donors (Lipinski definition) is 4. The smallest absolute Gasteiger partial charge is 0.244 e. The van der Waals surface area contributed by atoms with Gasteiger partial charge in [0.25, 0.3) is 0 Å². The Morgan fingerprint density at radius 1 is 1.18 bits per heavy atom. The van der Waals surface area contributed by atoms with Gasteiger partial charge < -0.3 is 10.6 Å². The highest BCUT2D eigenvalue weighted by atomic mass is 32.1. The fourth-order valence-electron chi connectivity index (χ4n) is 4.12. The first kappa shape index (κ1) is 24.8. The van der Waals surface area contributed by atoms with Crippen molar-refractivity contribution in [1.82, 2.24) is 30.8 Å². The number of nitrogens with one attached hydrogen (secondary N) is 3. The number of hydrogen-bond acceptors (Lipinski definition) is 8. The molecule has 1 saturated carbocycles. The first-order chi connectivity index (χ1) is 16.0. The summed E-state index contributed by atoms with van der Waals surface area (Å²) < 4.78 is 1.69. The maximum Gasteiger partial charge on any atom is 0.244 e. The molecular weight excluding hydrogens is 446 g/mol. The van der Waals surface area contributed by atoms with Crippen LogP contribution in [0, 0.1) is 11.8 Å². The van der Waals surface area contributed by atoms with E-state index in [1.54, 1.807) is 22.6 Å². The number of amides is 3. The largest absolute Gasteiger partial charge is 0.350 e. The molecular formula is C21H31N7O4S. The fraction of sp³-hybridized carbons (Fsp3) is 0.619. The van der Waals surface area contributed by atoms with Crippen molar-refractivity contribution in [2.45, 2.75) is 70.9 Å². The number of rotatable bonds is 12. The van der Waals surface area contributed by atoms with Gasteiger partial charge in [-0.1, -0.05) is 24.5 Å². The number of hydroxylamine groups is 1. The summed E-state index contributed by atoms with van der Waals surface area (Å²) in [6, 6.07) is 0. The third kappa shape index (κ3) is 8.21. The van der Waals surface area contributed by atoms with Crippen molar-refractivity contribution in [3.8, 4) is 0 Å². The van der Waals surface area contributed by atoms with Gasteiger partial charge in [0.2, 0.25) is 17.7 Å². The van der Waals surface area contributed by atoms with E-state index in [0.29, 0.717) is 30.2 Å². The molecule has 3 amide bonds. The molecule has 1 aliphatic rings.